The first-order chi connectivity index (χ1) is 10.3. The molecule has 0 aliphatic rings. The lowest BCUT2D eigenvalue weighted by Gasteiger charge is -2.20. The minimum absolute atomic E-state index is 0.0778. The third-order valence-electron chi connectivity index (χ3n) is 2.80. The number of nitrogens with one attached hydrogen (secondary N) is 1. The summed E-state index contributed by atoms with van der Waals surface area (Å²) >= 11 is 15.2. The van der Waals surface area contributed by atoms with Gasteiger partial charge in [0.1, 0.15) is 0 Å². The highest BCUT2D eigenvalue weighted by atomic mass is 35.5. The zero-order valence-corrected chi connectivity index (χ0v) is 16.6. The van der Waals surface area contributed by atoms with Crippen LogP contribution < -0.4 is 5.09 Å². The van der Waals surface area contributed by atoms with E-state index in [1.54, 1.807) is 0 Å². The van der Waals surface area contributed by atoms with Crippen LogP contribution in [0, 0.1) is 0 Å². The lowest BCUT2D eigenvalue weighted by molar-refractivity contribution is 0.335. The van der Waals surface area contributed by atoms with Crippen molar-refractivity contribution in [3.05, 3.63) is 33.1 Å². The molecule has 0 amide bonds. The number of thiophene rings is 1. The van der Waals surface area contributed by atoms with Crippen molar-refractivity contribution >= 4 is 62.7 Å². The highest BCUT2D eigenvalue weighted by Crippen LogP contribution is 2.58. The first-order valence-electron chi connectivity index (χ1n) is 6.88. The van der Waals surface area contributed by atoms with E-state index in [0.29, 0.717) is 21.7 Å². The predicted octanol–water partition coefficient (Wildman–Crippen LogP) is 6.58. The number of hydrogen-bond acceptors (Lipinski definition) is 4. The Labute approximate surface area is 149 Å². The summed E-state index contributed by atoms with van der Waals surface area (Å²) in [5, 5.41) is 4.71. The highest BCUT2D eigenvalue weighted by molar-refractivity contribution is 8.55. The molecule has 0 aliphatic carbocycles. The lowest BCUT2D eigenvalue weighted by atomic mass is 10.2. The van der Waals surface area contributed by atoms with Crippen molar-refractivity contribution in [1.82, 2.24) is 5.09 Å². The van der Waals surface area contributed by atoms with Crippen LogP contribution in [-0.4, -0.2) is 12.6 Å². The maximum absolute atomic E-state index is 12.8. The van der Waals surface area contributed by atoms with E-state index in [9.17, 15) is 4.57 Å². The molecule has 8 heteroatoms. The third-order valence-corrected chi connectivity index (χ3v) is 8.72. The molecule has 1 atom stereocenters. The van der Waals surface area contributed by atoms with Crippen LogP contribution in [0.15, 0.2) is 18.2 Å². The summed E-state index contributed by atoms with van der Waals surface area (Å²) in [6.45, 7) is 3.17. The van der Waals surface area contributed by atoms with Gasteiger partial charge in [0.2, 0.25) is 0 Å². The van der Waals surface area contributed by atoms with Gasteiger partial charge in [0.15, 0.2) is 0 Å². The second kappa shape index (κ2) is 7.89. The maximum atomic E-state index is 12.8. The minimum atomic E-state index is -2.95. The SMILES string of the molecule is CCOP(=O)(NC(C)C)SCc1c(Cl)sc2ccc(Cl)cc12. The van der Waals surface area contributed by atoms with Crippen molar-refractivity contribution in [1.29, 1.82) is 0 Å². The van der Waals surface area contributed by atoms with E-state index in [0.717, 1.165) is 15.6 Å². The quantitative estimate of drug-likeness (QED) is 0.535. The number of rotatable bonds is 7. The van der Waals surface area contributed by atoms with Crippen LogP contribution in [0.1, 0.15) is 26.3 Å². The minimum Gasteiger partial charge on any atom is -0.310 e. The van der Waals surface area contributed by atoms with E-state index >= 15 is 0 Å². The standard InChI is InChI=1S/C14H18Cl2NO2PS2/c1-4-19-20(18,17-9(2)3)21-8-12-11-7-10(15)5-6-13(11)22-14(12)16/h5-7,9H,4,8H2,1-3H3,(H,17,18). The first kappa shape index (κ1) is 18.6. The number of fused-ring (bicyclic) bond motifs is 1. The van der Waals surface area contributed by atoms with E-state index in [2.05, 4.69) is 5.09 Å². The molecule has 0 radical (unpaired) electrons. The highest BCUT2D eigenvalue weighted by Gasteiger charge is 2.25. The molecule has 2 aromatic rings. The van der Waals surface area contributed by atoms with Crippen molar-refractivity contribution in [2.24, 2.45) is 0 Å². The van der Waals surface area contributed by atoms with Crippen molar-refractivity contribution < 1.29 is 9.09 Å². The molecule has 3 nitrogen and oxygen atoms in total. The van der Waals surface area contributed by atoms with E-state index in [-0.39, 0.29) is 6.04 Å². The van der Waals surface area contributed by atoms with Crippen LogP contribution >= 0.6 is 52.6 Å². The summed E-state index contributed by atoms with van der Waals surface area (Å²) in [5.74, 6) is 0.510. The smallest absolute Gasteiger partial charge is 0.310 e. The van der Waals surface area contributed by atoms with Crippen molar-refractivity contribution in [2.75, 3.05) is 6.61 Å². The normalized spacial score (nSPS) is 14.6. The van der Waals surface area contributed by atoms with Crippen LogP contribution in [0.5, 0.6) is 0 Å². The van der Waals surface area contributed by atoms with Gasteiger partial charge in [-0.15, -0.1) is 11.3 Å². The van der Waals surface area contributed by atoms with E-state index in [1.807, 2.05) is 39.0 Å². The number of benzene rings is 1. The monoisotopic (exact) mass is 397 g/mol. The fourth-order valence-electron chi connectivity index (χ4n) is 1.97. The molecule has 0 bridgehead atoms. The lowest BCUT2D eigenvalue weighted by Crippen LogP contribution is -2.19. The molecular weight excluding hydrogens is 380 g/mol. The van der Waals surface area contributed by atoms with Gasteiger partial charge < -0.3 is 4.52 Å². The fraction of sp³-hybridized carbons (Fsp3) is 0.429. The summed E-state index contributed by atoms with van der Waals surface area (Å²) < 4.78 is 20.0. The van der Waals surface area contributed by atoms with Gasteiger partial charge in [0.05, 0.1) is 10.9 Å². The zero-order chi connectivity index (χ0) is 16.3. The molecule has 0 aliphatic heterocycles. The Hall–Kier alpha value is 0.260. The maximum Gasteiger partial charge on any atom is 0.327 e. The Balaban J connectivity index is 2.24. The van der Waals surface area contributed by atoms with Gasteiger partial charge in [-0.2, -0.15) is 0 Å². The third kappa shape index (κ3) is 4.64. The average Bonchev–Trinajstić information content (AvgIpc) is 2.71. The Morgan fingerprint density at radius 3 is 2.77 bits per heavy atom. The summed E-state index contributed by atoms with van der Waals surface area (Å²) in [6.07, 6.45) is 0. The Bertz CT molecular complexity index is 705. The molecule has 1 N–H and O–H groups in total. The van der Waals surface area contributed by atoms with Crippen LogP contribution in [0.3, 0.4) is 0 Å². The molecule has 2 rings (SSSR count). The van der Waals surface area contributed by atoms with Crippen LogP contribution in [0.25, 0.3) is 10.1 Å². The average molecular weight is 398 g/mol. The first-order valence-corrected chi connectivity index (χ1v) is 11.7. The van der Waals surface area contributed by atoms with Gasteiger partial charge in [-0.25, -0.2) is 5.09 Å². The zero-order valence-electron chi connectivity index (χ0n) is 12.6. The van der Waals surface area contributed by atoms with Crippen LogP contribution in [0.4, 0.5) is 0 Å². The van der Waals surface area contributed by atoms with Gasteiger partial charge in [-0.05, 0) is 55.7 Å². The molecule has 0 fully saturated rings. The van der Waals surface area contributed by atoms with E-state index in [1.165, 1.54) is 22.7 Å². The fourth-order valence-corrected chi connectivity index (χ4v) is 7.75. The molecule has 1 heterocycles. The van der Waals surface area contributed by atoms with E-state index < -0.39 is 6.72 Å². The van der Waals surface area contributed by atoms with E-state index in [4.69, 9.17) is 27.7 Å². The molecule has 0 spiro atoms. The Morgan fingerprint density at radius 2 is 2.14 bits per heavy atom. The molecule has 0 saturated heterocycles. The summed E-state index contributed by atoms with van der Waals surface area (Å²) in [7, 11) is 0. The van der Waals surface area contributed by atoms with Crippen molar-refractivity contribution in [3.63, 3.8) is 0 Å². The molecule has 22 heavy (non-hydrogen) atoms. The summed E-state index contributed by atoms with van der Waals surface area (Å²) in [4.78, 5) is 0. The largest absolute Gasteiger partial charge is 0.327 e. The Morgan fingerprint density at radius 1 is 1.41 bits per heavy atom. The molecule has 122 valence electrons. The molecular formula is C14H18Cl2NO2PS2. The summed E-state index contributed by atoms with van der Waals surface area (Å²) in [6, 6.07) is 5.78. The van der Waals surface area contributed by atoms with Gasteiger partial charge in [0, 0.05) is 27.1 Å². The van der Waals surface area contributed by atoms with Gasteiger partial charge in [0.25, 0.3) is 0 Å². The second-order valence-corrected chi connectivity index (χ2v) is 11.3. The van der Waals surface area contributed by atoms with Crippen molar-refractivity contribution in [2.45, 2.75) is 32.6 Å². The molecule has 0 saturated carbocycles. The number of hydrogen-bond donors (Lipinski definition) is 1. The topological polar surface area (TPSA) is 38.3 Å². The predicted molar refractivity (Wildman–Crippen MR) is 101 cm³/mol. The Kier molecular flexibility index (Phi) is 6.67. The molecule has 1 unspecified atom stereocenters. The van der Waals surface area contributed by atoms with Gasteiger partial charge in [-0.1, -0.05) is 23.2 Å². The van der Waals surface area contributed by atoms with Crippen molar-refractivity contribution in [3.8, 4) is 0 Å². The number of halogens is 2. The molecule has 1 aromatic heterocycles. The van der Waals surface area contributed by atoms with Crippen LogP contribution in [-0.2, 0) is 14.8 Å². The van der Waals surface area contributed by atoms with Crippen LogP contribution in [0.2, 0.25) is 9.36 Å². The molecule has 1 aromatic carbocycles. The van der Waals surface area contributed by atoms with Gasteiger partial charge >= 0.3 is 6.72 Å². The summed E-state index contributed by atoms with van der Waals surface area (Å²) in [5.41, 5.74) is 0.958. The van der Waals surface area contributed by atoms with Gasteiger partial charge in [-0.3, -0.25) is 4.57 Å². The second-order valence-electron chi connectivity index (χ2n) is 4.97.